The van der Waals surface area contributed by atoms with Crippen LogP contribution in [0.4, 0.5) is 0 Å². The lowest BCUT2D eigenvalue weighted by Crippen LogP contribution is -2.28. The van der Waals surface area contributed by atoms with E-state index in [1.807, 2.05) is 29.5 Å². The number of methoxy groups -OCH3 is 1. The molecule has 2 aromatic rings. The minimum absolute atomic E-state index is 0.150. The van der Waals surface area contributed by atoms with E-state index in [-0.39, 0.29) is 11.9 Å². The smallest absolute Gasteiger partial charge is 0.305 e. The Balaban J connectivity index is 2.04. The van der Waals surface area contributed by atoms with Crippen LogP contribution in [-0.2, 0) is 9.53 Å². The highest BCUT2D eigenvalue weighted by Gasteiger charge is 2.16. The molecule has 1 amide bonds. The fraction of sp³-hybridized carbons (Fsp3) is 0.400. The quantitative estimate of drug-likeness (QED) is 0.785. The summed E-state index contributed by atoms with van der Waals surface area (Å²) < 4.78 is 6.46. The minimum atomic E-state index is -0.265. The van der Waals surface area contributed by atoms with E-state index in [1.54, 1.807) is 18.1 Å². The molecule has 0 N–H and O–H groups in total. The van der Waals surface area contributed by atoms with Crippen LogP contribution < -0.4 is 0 Å². The number of amides is 1. The molecule has 2 heterocycles. The summed E-state index contributed by atoms with van der Waals surface area (Å²) in [4.78, 5) is 29.3. The van der Waals surface area contributed by atoms with E-state index < -0.39 is 0 Å². The van der Waals surface area contributed by atoms with Crippen molar-refractivity contribution in [3.63, 3.8) is 0 Å². The number of rotatable bonds is 5. The topological polar surface area (TPSA) is 63.9 Å². The maximum absolute atomic E-state index is 12.3. The Kier molecular flexibility index (Phi) is 4.57. The van der Waals surface area contributed by atoms with Gasteiger partial charge in [0.15, 0.2) is 0 Å². The van der Waals surface area contributed by atoms with Crippen LogP contribution in [0.5, 0.6) is 0 Å². The van der Waals surface area contributed by atoms with E-state index >= 15 is 0 Å². The van der Waals surface area contributed by atoms with Crippen LogP contribution in [-0.4, -0.2) is 46.9 Å². The largest absolute Gasteiger partial charge is 0.469 e. The number of ether oxygens (including phenoxy) is 1. The van der Waals surface area contributed by atoms with Gasteiger partial charge in [0.25, 0.3) is 5.91 Å². The zero-order valence-corrected chi connectivity index (χ0v) is 12.5. The number of aromatic nitrogens is 2. The molecule has 2 aromatic heterocycles. The Morgan fingerprint density at radius 3 is 2.81 bits per heavy atom. The fourth-order valence-electron chi connectivity index (χ4n) is 2.11. The van der Waals surface area contributed by atoms with Crippen molar-refractivity contribution < 1.29 is 14.3 Å². The first-order valence-electron chi connectivity index (χ1n) is 6.80. The second-order valence-corrected chi connectivity index (χ2v) is 4.93. The van der Waals surface area contributed by atoms with E-state index in [2.05, 4.69) is 9.72 Å². The molecular weight excluding hydrogens is 270 g/mol. The zero-order chi connectivity index (χ0) is 15.4. The molecule has 6 nitrogen and oxygen atoms in total. The second-order valence-electron chi connectivity index (χ2n) is 4.93. The number of imidazole rings is 1. The van der Waals surface area contributed by atoms with E-state index in [9.17, 15) is 9.59 Å². The van der Waals surface area contributed by atoms with Gasteiger partial charge in [0.2, 0.25) is 0 Å². The number of hydrogen-bond acceptors (Lipinski definition) is 4. The Bertz CT molecular complexity index is 663. The average molecular weight is 289 g/mol. The van der Waals surface area contributed by atoms with Crippen molar-refractivity contribution in [1.29, 1.82) is 0 Å². The summed E-state index contributed by atoms with van der Waals surface area (Å²) in [6.07, 6.45) is 2.61. The molecule has 0 fully saturated rings. The standard InChI is InChI=1S/C15H19N3O3/c1-11-6-4-7-13-16-12(10-18(11)13)15(20)17(2)9-5-8-14(19)21-3/h4,6-7,10H,5,8-9H2,1-3H3. The predicted octanol–water partition coefficient (Wildman–Crippen LogP) is 1.67. The van der Waals surface area contributed by atoms with Crippen LogP contribution in [0.25, 0.3) is 5.65 Å². The van der Waals surface area contributed by atoms with Gasteiger partial charge in [-0.1, -0.05) is 6.07 Å². The molecule has 0 aliphatic rings. The first kappa shape index (κ1) is 15.0. The molecule has 0 saturated heterocycles. The molecule has 0 aliphatic heterocycles. The van der Waals surface area contributed by atoms with E-state index in [1.165, 1.54) is 7.11 Å². The fourth-order valence-corrected chi connectivity index (χ4v) is 2.11. The van der Waals surface area contributed by atoms with Gasteiger partial charge in [0, 0.05) is 31.9 Å². The number of carbonyl (C=O) groups excluding carboxylic acids is 2. The van der Waals surface area contributed by atoms with Crippen LogP contribution in [0.2, 0.25) is 0 Å². The lowest BCUT2D eigenvalue weighted by Gasteiger charge is -2.15. The Labute approximate surface area is 123 Å². The van der Waals surface area contributed by atoms with Gasteiger partial charge in [-0.25, -0.2) is 4.98 Å². The summed E-state index contributed by atoms with van der Waals surface area (Å²) in [5.41, 5.74) is 2.18. The lowest BCUT2D eigenvalue weighted by atomic mass is 10.3. The predicted molar refractivity (Wildman–Crippen MR) is 78.1 cm³/mol. The number of pyridine rings is 1. The van der Waals surface area contributed by atoms with Gasteiger partial charge in [0.1, 0.15) is 11.3 Å². The Morgan fingerprint density at radius 1 is 1.38 bits per heavy atom. The molecule has 2 rings (SSSR count). The molecule has 0 saturated carbocycles. The zero-order valence-electron chi connectivity index (χ0n) is 12.5. The highest BCUT2D eigenvalue weighted by Crippen LogP contribution is 2.10. The maximum Gasteiger partial charge on any atom is 0.305 e. The third-order valence-corrected chi connectivity index (χ3v) is 3.36. The number of carbonyl (C=O) groups is 2. The van der Waals surface area contributed by atoms with Crippen molar-refractivity contribution in [2.24, 2.45) is 0 Å². The van der Waals surface area contributed by atoms with Crippen LogP contribution in [0.3, 0.4) is 0 Å². The molecule has 112 valence electrons. The number of aryl methyl sites for hydroxylation is 1. The lowest BCUT2D eigenvalue weighted by molar-refractivity contribution is -0.140. The van der Waals surface area contributed by atoms with Crippen LogP contribution in [0.15, 0.2) is 24.4 Å². The van der Waals surface area contributed by atoms with Gasteiger partial charge in [-0.05, 0) is 25.5 Å². The van der Waals surface area contributed by atoms with Gasteiger partial charge < -0.3 is 14.0 Å². The van der Waals surface area contributed by atoms with Crippen molar-refractivity contribution in [3.8, 4) is 0 Å². The van der Waals surface area contributed by atoms with Crippen molar-refractivity contribution in [3.05, 3.63) is 35.8 Å². The summed E-state index contributed by atoms with van der Waals surface area (Å²) in [6, 6.07) is 5.73. The van der Waals surface area contributed by atoms with Crippen molar-refractivity contribution in [2.75, 3.05) is 20.7 Å². The van der Waals surface area contributed by atoms with Crippen molar-refractivity contribution in [2.45, 2.75) is 19.8 Å². The number of fused-ring (bicyclic) bond motifs is 1. The molecule has 21 heavy (non-hydrogen) atoms. The molecule has 0 radical (unpaired) electrons. The molecule has 0 bridgehead atoms. The van der Waals surface area contributed by atoms with Crippen LogP contribution in [0.1, 0.15) is 29.0 Å². The highest BCUT2D eigenvalue weighted by molar-refractivity contribution is 5.92. The van der Waals surface area contributed by atoms with Gasteiger partial charge >= 0.3 is 5.97 Å². The van der Waals surface area contributed by atoms with E-state index in [0.717, 1.165) is 11.3 Å². The molecule has 0 aromatic carbocycles. The van der Waals surface area contributed by atoms with Crippen molar-refractivity contribution in [1.82, 2.24) is 14.3 Å². The number of hydrogen-bond donors (Lipinski definition) is 0. The Hall–Kier alpha value is -2.37. The summed E-state index contributed by atoms with van der Waals surface area (Å²) in [7, 11) is 3.06. The van der Waals surface area contributed by atoms with E-state index in [4.69, 9.17) is 0 Å². The van der Waals surface area contributed by atoms with E-state index in [0.29, 0.717) is 25.1 Å². The van der Waals surface area contributed by atoms with Gasteiger partial charge in [-0.3, -0.25) is 9.59 Å². The summed E-state index contributed by atoms with van der Waals surface area (Å²) in [5, 5.41) is 0. The summed E-state index contributed by atoms with van der Waals surface area (Å²) in [5.74, 6) is -0.415. The van der Waals surface area contributed by atoms with Crippen LogP contribution >= 0.6 is 0 Å². The van der Waals surface area contributed by atoms with Gasteiger partial charge in [-0.15, -0.1) is 0 Å². The summed E-state index contributed by atoms with van der Waals surface area (Å²) >= 11 is 0. The molecule has 0 unspecified atom stereocenters. The number of esters is 1. The summed E-state index contributed by atoms with van der Waals surface area (Å²) in [6.45, 7) is 2.45. The Morgan fingerprint density at radius 2 is 2.14 bits per heavy atom. The SMILES string of the molecule is COC(=O)CCCN(C)C(=O)c1cn2c(C)cccc2n1. The molecule has 0 spiro atoms. The minimum Gasteiger partial charge on any atom is -0.469 e. The first-order valence-corrected chi connectivity index (χ1v) is 6.80. The van der Waals surface area contributed by atoms with Gasteiger partial charge in [0.05, 0.1) is 7.11 Å². The third kappa shape index (κ3) is 3.39. The molecule has 6 heteroatoms. The van der Waals surface area contributed by atoms with Gasteiger partial charge in [-0.2, -0.15) is 0 Å². The van der Waals surface area contributed by atoms with Crippen LogP contribution in [0, 0.1) is 6.92 Å². The molecule has 0 atom stereocenters. The maximum atomic E-state index is 12.3. The highest BCUT2D eigenvalue weighted by atomic mass is 16.5. The number of nitrogens with zero attached hydrogens (tertiary/aromatic N) is 3. The normalized spacial score (nSPS) is 10.6. The first-order chi connectivity index (χ1) is 10.0. The van der Waals surface area contributed by atoms with Crippen molar-refractivity contribution >= 4 is 17.5 Å². The second kappa shape index (κ2) is 6.39. The molecule has 0 aliphatic carbocycles. The average Bonchev–Trinajstić information content (AvgIpc) is 2.91. The third-order valence-electron chi connectivity index (χ3n) is 3.36. The molecular formula is C15H19N3O3. The monoisotopic (exact) mass is 289 g/mol.